The fourth-order valence-corrected chi connectivity index (χ4v) is 7.80. The molecule has 0 aliphatic carbocycles. The maximum absolute atomic E-state index is 7.05. The van der Waals surface area contributed by atoms with Crippen molar-refractivity contribution in [3.8, 4) is 78.9 Å². The van der Waals surface area contributed by atoms with Crippen molar-refractivity contribution in [2.75, 3.05) is 0 Å². The number of aromatic nitrogens is 4. The van der Waals surface area contributed by atoms with E-state index < -0.39 is 0 Å². The first-order chi connectivity index (χ1) is 28.7. The van der Waals surface area contributed by atoms with Crippen LogP contribution in [0.2, 0.25) is 0 Å². The number of ether oxygens (including phenoxy) is 1. The predicted molar refractivity (Wildman–Crippen MR) is 233 cm³/mol. The van der Waals surface area contributed by atoms with Crippen molar-refractivity contribution in [1.29, 1.82) is 0 Å². The summed E-state index contributed by atoms with van der Waals surface area (Å²) in [6, 6.07) is 55.7. The van der Waals surface area contributed by atoms with Crippen LogP contribution in [0.1, 0.15) is 11.1 Å². The van der Waals surface area contributed by atoms with Gasteiger partial charge in [-0.05, 0) is 82.9 Å². The highest BCUT2D eigenvalue weighted by atomic mass is 16.5. The van der Waals surface area contributed by atoms with Gasteiger partial charge in [-0.15, -0.1) is 0 Å². The van der Waals surface area contributed by atoms with Crippen LogP contribution in [0.15, 0.2) is 187 Å². The lowest BCUT2D eigenvalue weighted by molar-refractivity contribution is 0.487. The highest BCUT2D eigenvalue weighted by Gasteiger charge is 2.21. The summed E-state index contributed by atoms with van der Waals surface area (Å²) in [5, 5.41) is 2.03. The molecule has 6 nitrogen and oxygen atoms in total. The van der Waals surface area contributed by atoms with E-state index in [4.69, 9.17) is 24.1 Å². The normalized spacial score (nSPS) is 12.4. The van der Waals surface area contributed by atoms with Crippen LogP contribution in [0.25, 0.3) is 102 Å². The van der Waals surface area contributed by atoms with Gasteiger partial charge in [0.25, 0.3) is 0 Å². The second-order valence-electron chi connectivity index (χ2n) is 14.3. The van der Waals surface area contributed by atoms with Gasteiger partial charge in [-0.3, -0.25) is 9.97 Å². The van der Waals surface area contributed by atoms with Gasteiger partial charge in [-0.25, -0.2) is 9.97 Å². The molecule has 0 N–H and O–H groups in total. The van der Waals surface area contributed by atoms with Crippen molar-refractivity contribution in [2.24, 2.45) is 0 Å². The molecule has 272 valence electrons. The Balaban J connectivity index is 1.13. The van der Waals surface area contributed by atoms with Gasteiger partial charge in [0, 0.05) is 62.7 Å². The van der Waals surface area contributed by atoms with Gasteiger partial charge in [0.05, 0.1) is 17.1 Å². The summed E-state index contributed by atoms with van der Waals surface area (Å²) < 4.78 is 13.5. The van der Waals surface area contributed by atoms with Gasteiger partial charge in [0.2, 0.25) is 0 Å². The first-order valence-corrected chi connectivity index (χ1v) is 19.2. The summed E-state index contributed by atoms with van der Waals surface area (Å²) in [4.78, 5) is 19.3. The van der Waals surface area contributed by atoms with E-state index in [9.17, 15) is 0 Å². The number of nitrogens with zero attached hydrogens (tertiary/aromatic N) is 4. The van der Waals surface area contributed by atoms with Crippen LogP contribution < -0.4 is 4.74 Å². The molecule has 1 aliphatic heterocycles. The average molecular weight is 745 g/mol. The van der Waals surface area contributed by atoms with Crippen molar-refractivity contribution in [3.05, 3.63) is 194 Å². The van der Waals surface area contributed by atoms with E-state index in [1.807, 2.05) is 85.2 Å². The minimum atomic E-state index is 0.582. The number of para-hydroxylation sites is 2. The summed E-state index contributed by atoms with van der Waals surface area (Å²) in [5.74, 6) is 2.08. The van der Waals surface area contributed by atoms with Crippen LogP contribution >= 0.6 is 0 Å². The van der Waals surface area contributed by atoms with Gasteiger partial charge in [-0.1, -0.05) is 115 Å². The monoisotopic (exact) mass is 744 g/mol. The zero-order valence-corrected chi connectivity index (χ0v) is 31.1. The molecule has 0 saturated heterocycles. The van der Waals surface area contributed by atoms with E-state index in [-0.39, 0.29) is 0 Å². The third-order valence-electron chi connectivity index (χ3n) is 10.7. The first kappa shape index (κ1) is 33.4. The van der Waals surface area contributed by atoms with Crippen LogP contribution in [-0.4, -0.2) is 19.9 Å². The third-order valence-corrected chi connectivity index (χ3v) is 10.7. The quantitative estimate of drug-likeness (QED) is 0.179. The highest BCUT2D eigenvalue weighted by Crippen LogP contribution is 2.46. The largest absolute Gasteiger partial charge is 0.456 e. The Morgan fingerprint density at radius 2 is 1.14 bits per heavy atom. The van der Waals surface area contributed by atoms with Gasteiger partial charge < -0.3 is 9.15 Å². The average Bonchev–Trinajstić information content (AvgIpc) is 3.65. The Bertz CT molecular complexity index is 3190. The molecule has 0 unspecified atom stereocenters. The number of fused-ring (bicyclic) bond motifs is 9. The molecule has 0 bridgehead atoms. The van der Waals surface area contributed by atoms with Gasteiger partial charge in [0.15, 0.2) is 5.82 Å². The Morgan fingerprint density at radius 1 is 0.397 bits per heavy atom. The lowest BCUT2D eigenvalue weighted by Gasteiger charge is -2.17. The molecule has 0 fully saturated rings. The summed E-state index contributed by atoms with van der Waals surface area (Å²) in [6.45, 7) is 0. The van der Waals surface area contributed by atoms with Crippen LogP contribution in [-0.2, 0) is 0 Å². The molecule has 0 radical (unpaired) electrons. The van der Waals surface area contributed by atoms with E-state index >= 15 is 0 Å². The summed E-state index contributed by atoms with van der Waals surface area (Å²) in [7, 11) is 0. The lowest BCUT2D eigenvalue weighted by Crippen LogP contribution is -1.97. The number of benzene rings is 6. The molecule has 0 amide bonds. The third kappa shape index (κ3) is 6.01. The Morgan fingerprint density at radius 3 is 1.98 bits per heavy atom. The van der Waals surface area contributed by atoms with Crippen LogP contribution in [0.3, 0.4) is 0 Å². The fraction of sp³-hybridized carbons (Fsp3) is 0. The van der Waals surface area contributed by atoms with Crippen molar-refractivity contribution in [3.63, 3.8) is 0 Å². The van der Waals surface area contributed by atoms with Crippen LogP contribution in [0, 0.1) is 0 Å². The van der Waals surface area contributed by atoms with Crippen molar-refractivity contribution in [1.82, 2.24) is 19.9 Å². The maximum atomic E-state index is 7.05. The molecule has 0 saturated carbocycles. The Kier molecular flexibility index (Phi) is 8.04. The SMILES string of the molecule is C1=C\c2ccc(-c3cc(-c4ccccc4)nc(-c4ccc(-c5cccnc5)nc4)n3)cc2-c2cc3oc4ccccc4c3cc2Oc2ccccc2-c2ccccc2/1. The van der Waals surface area contributed by atoms with E-state index in [0.29, 0.717) is 5.82 Å². The molecule has 1 aliphatic rings. The van der Waals surface area contributed by atoms with Gasteiger partial charge in [0.1, 0.15) is 22.7 Å². The molecular formula is C52H32N4O2. The number of rotatable bonds is 4. The summed E-state index contributed by atoms with van der Waals surface area (Å²) in [5.41, 5.74) is 13.8. The molecule has 0 atom stereocenters. The van der Waals surface area contributed by atoms with Gasteiger partial charge in [-0.2, -0.15) is 0 Å². The standard InChI is InChI=1S/C52H32N4O2/c1-2-12-35(13-3-1)46-30-47(56-52(55-46)38-24-25-45(54-32-38)37-14-10-26-53-31-37)36-23-22-34-21-20-33-11-4-5-15-39(33)40-16-6-8-18-48(40)57-51-28-43-41-17-7-9-19-49(41)58-50(43)29-44(51)42(34)27-36/h1-32H/b21-20-. The molecule has 58 heavy (non-hydrogen) atoms. The van der Waals surface area contributed by atoms with Crippen molar-refractivity contribution in [2.45, 2.75) is 0 Å². The highest BCUT2D eigenvalue weighted by molar-refractivity contribution is 6.07. The number of furan rings is 1. The molecule has 0 spiro atoms. The Labute approximate surface area is 334 Å². The zero-order chi connectivity index (χ0) is 38.4. The molecule has 10 aromatic rings. The van der Waals surface area contributed by atoms with E-state index in [0.717, 1.165) is 106 Å². The topological polar surface area (TPSA) is 73.9 Å². The summed E-state index contributed by atoms with van der Waals surface area (Å²) >= 11 is 0. The molecule has 6 aromatic carbocycles. The van der Waals surface area contributed by atoms with Crippen molar-refractivity contribution >= 4 is 34.1 Å². The van der Waals surface area contributed by atoms with Crippen LogP contribution in [0.4, 0.5) is 0 Å². The zero-order valence-electron chi connectivity index (χ0n) is 31.1. The minimum absolute atomic E-state index is 0.582. The second-order valence-corrected chi connectivity index (χ2v) is 14.3. The van der Waals surface area contributed by atoms with Gasteiger partial charge >= 0.3 is 0 Å². The van der Waals surface area contributed by atoms with E-state index in [1.165, 1.54) is 0 Å². The Hall–Kier alpha value is -7.96. The number of pyridine rings is 2. The fourth-order valence-electron chi connectivity index (χ4n) is 7.80. The number of hydrogen-bond acceptors (Lipinski definition) is 6. The van der Waals surface area contributed by atoms with E-state index in [1.54, 1.807) is 6.20 Å². The van der Waals surface area contributed by atoms with Crippen LogP contribution in [0.5, 0.6) is 11.5 Å². The molecule has 6 heteroatoms. The summed E-state index contributed by atoms with van der Waals surface area (Å²) in [6.07, 6.45) is 9.78. The predicted octanol–water partition coefficient (Wildman–Crippen LogP) is 13.4. The molecule has 5 heterocycles. The molecule has 11 rings (SSSR count). The van der Waals surface area contributed by atoms with E-state index in [2.05, 4.69) is 108 Å². The smallest absolute Gasteiger partial charge is 0.161 e. The van der Waals surface area contributed by atoms with Crippen molar-refractivity contribution < 1.29 is 9.15 Å². The molecule has 4 aromatic heterocycles. The number of hydrogen-bond donors (Lipinski definition) is 0. The first-order valence-electron chi connectivity index (χ1n) is 19.2. The minimum Gasteiger partial charge on any atom is -0.456 e. The lowest BCUT2D eigenvalue weighted by atomic mass is 9.93. The molecular weight excluding hydrogens is 713 g/mol. The maximum Gasteiger partial charge on any atom is 0.161 e. The second kappa shape index (κ2) is 14.0.